The molecule has 3 aromatic rings. The van der Waals surface area contributed by atoms with Crippen molar-refractivity contribution in [2.75, 3.05) is 24.2 Å². The average molecular weight is 415 g/mol. The topological polar surface area (TPSA) is 95.9 Å². The van der Waals surface area contributed by atoms with Gasteiger partial charge in [0.25, 0.3) is 0 Å². The summed E-state index contributed by atoms with van der Waals surface area (Å²) in [4.78, 5) is 18.4. The molecule has 0 aromatic carbocycles. The first-order valence-corrected chi connectivity index (χ1v) is 10.8. The van der Waals surface area contributed by atoms with E-state index in [0.29, 0.717) is 12.5 Å². The van der Waals surface area contributed by atoms with Gasteiger partial charge in [0.1, 0.15) is 16.3 Å². The van der Waals surface area contributed by atoms with E-state index in [1.807, 2.05) is 47.0 Å². The van der Waals surface area contributed by atoms with Crippen molar-refractivity contribution >= 4 is 33.3 Å². The Balaban J connectivity index is 1.95. The van der Waals surface area contributed by atoms with Gasteiger partial charge in [0.2, 0.25) is 5.95 Å². The third-order valence-electron chi connectivity index (χ3n) is 5.29. The molecule has 0 radical (unpaired) electrons. The molecule has 3 rings (SSSR count). The molecule has 1 unspecified atom stereocenters. The summed E-state index contributed by atoms with van der Waals surface area (Å²) in [6.07, 6.45) is 3.58. The van der Waals surface area contributed by atoms with Gasteiger partial charge in [-0.05, 0) is 46.1 Å². The zero-order chi connectivity index (χ0) is 21.2. The number of hydrogen-bond donors (Lipinski definition) is 3. The van der Waals surface area contributed by atoms with Gasteiger partial charge in [0.15, 0.2) is 0 Å². The standard InChI is InChI=1S/C21H30N6OS/c1-7-14(21(4,5)28)8-10-24-18-16(12(2)25-20(22-6)27-18)19-26-17-13(3)23-11-9-15(17)29-19/h9,11,14,28H,7-8,10H2,1-6H3,(H2,22,24,25,27). The van der Waals surface area contributed by atoms with E-state index in [9.17, 15) is 5.11 Å². The molecule has 0 spiro atoms. The minimum Gasteiger partial charge on any atom is -0.390 e. The summed E-state index contributed by atoms with van der Waals surface area (Å²) in [7, 11) is 1.81. The van der Waals surface area contributed by atoms with Crippen molar-refractivity contribution in [2.45, 2.75) is 53.1 Å². The normalized spacial score (nSPS) is 12.9. The monoisotopic (exact) mass is 414 g/mol. The van der Waals surface area contributed by atoms with Crippen molar-refractivity contribution in [2.24, 2.45) is 5.92 Å². The van der Waals surface area contributed by atoms with E-state index in [1.165, 1.54) is 0 Å². The Morgan fingerprint density at radius 2 is 1.93 bits per heavy atom. The van der Waals surface area contributed by atoms with Crippen molar-refractivity contribution in [1.29, 1.82) is 0 Å². The predicted molar refractivity (Wildman–Crippen MR) is 121 cm³/mol. The third-order valence-corrected chi connectivity index (χ3v) is 6.33. The number of aryl methyl sites for hydroxylation is 2. The van der Waals surface area contributed by atoms with E-state index in [4.69, 9.17) is 4.98 Å². The van der Waals surface area contributed by atoms with Crippen molar-refractivity contribution < 1.29 is 5.11 Å². The quantitative estimate of drug-likeness (QED) is 0.502. The van der Waals surface area contributed by atoms with Crippen molar-refractivity contribution in [3.05, 3.63) is 23.7 Å². The molecule has 0 aliphatic heterocycles. The smallest absolute Gasteiger partial charge is 0.224 e. The van der Waals surface area contributed by atoms with Crippen LogP contribution in [0, 0.1) is 19.8 Å². The molecule has 1 atom stereocenters. The number of fused-ring (bicyclic) bond motifs is 1. The van der Waals surface area contributed by atoms with E-state index in [-0.39, 0.29) is 5.92 Å². The van der Waals surface area contributed by atoms with Crippen LogP contribution in [0.15, 0.2) is 12.3 Å². The highest BCUT2D eigenvalue weighted by Crippen LogP contribution is 2.36. The lowest BCUT2D eigenvalue weighted by Gasteiger charge is -2.28. The van der Waals surface area contributed by atoms with Crippen molar-refractivity contribution in [3.8, 4) is 10.6 Å². The van der Waals surface area contributed by atoms with Gasteiger partial charge in [-0.1, -0.05) is 13.3 Å². The molecule has 29 heavy (non-hydrogen) atoms. The molecule has 0 aliphatic rings. The van der Waals surface area contributed by atoms with Gasteiger partial charge in [0, 0.05) is 19.8 Å². The molecule has 7 nitrogen and oxygen atoms in total. The molecule has 0 saturated carbocycles. The molecule has 3 heterocycles. The average Bonchev–Trinajstić information content (AvgIpc) is 3.08. The van der Waals surface area contributed by atoms with Crippen LogP contribution in [0.25, 0.3) is 20.8 Å². The van der Waals surface area contributed by atoms with E-state index in [2.05, 4.69) is 32.5 Å². The van der Waals surface area contributed by atoms with E-state index in [1.54, 1.807) is 11.3 Å². The minimum atomic E-state index is -0.700. The molecule has 0 saturated heterocycles. The van der Waals surface area contributed by atoms with Crippen molar-refractivity contribution in [3.63, 3.8) is 0 Å². The van der Waals surface area contributed by atoms with Gasteiger partial charge in [0.05, 0.1) is 27.3 Å². The van der Waals surface area contributed by atoms with Gasteiger partial charge in [-0.15, -0.1) is 11.3 Å². The molecular formula is C21H30N6OS. The molecule has 8 heteroatoms. The van der Waals surface area contributed by atoms with Crippen LogP contribution in [0.1, 0.15) is 45.0 Å². The van der Waals surface area contributed by atoms with Gasteiger partial charge in [-0.3, -0.25) is 4.98 Å². The van der Waals surface area contributed by atoms with Crippen LogP contribution in [0.3, 0.4) is 0 Å². The number of pyridine rings is 1. The Kier molecular flexibility index (Phi) is 6.33. The SMILES string of the molecule is CCC(CCNc1nc(NC)nc(C)c1-c1nc2c(C)nccc2s1)C(C)(C)O. The molecular weight excluding hydrogens is 384 g/mol. The first kappa shape index (κ1) is 21.4. The fourth-order valence-corrected chi connectivity index (χ4v) is 4.69. The zero-order valence-corrected chi connectivity index (χ0v) is 18.8. The lowest BCUT2D eigenvalue weighted by Crippen LogP contribution is -2.31. The summed E-state index contributed by atoms with van der Waals surface area (Å²) in [5.74, 6) is 1.54. The highest BCUT2D eigenvalue weighted by molar-refractivity contribution is 7.21. The molecule has 156 valence electrons. The predicted octanol–water partition coefficient (Wildman–Crippen LogP) is 4.41. The lowest BCUT2D eigenvalue weighted by molar-refractivity contribution is 0.0130. The summed E-state index contributed by atoms with van der Waals surface area (Å²) >= 11 is 1.62. The van der Waals surface area contributed by atoms with Crippen LogP contribution in [0.4, 0.5) is 11.8 Å². The summed E-state index contributed by atoms with van der Waals surface area (Å²) in [6.45, 7) is 10.5. The highest BCUT2D eigenvalue weighted by atomic mass is 32.1. The molecule has 3 N–H and O–H groups in total. The molecule has 0 aliphatic carbocycles. The maximum absolute atomic E-state index is 10.4. The molecule has 3 aromatic heterocycles. The number of thiazole rings is 1. The first-order valence-electron chi connectivity index (χ1n) is 9.99. The fraction of sp³-hybridized carbons (Fsp3) is 0.524. The fourth-order valence-electron chi connectivity index (χ4n) is 3.58. The van der Waals surface area contributed by atoms with Gasteiger partial charge in [-0.2, -0.15) is 4.98 Å². The zero-order valence-electron chi connectivity index (χ0n) is 18.0. The van der Waals surface area contributed by atoms with Gasteiger partial charge >= 0.3 is 0 Å². The lowest BCUT2D eigenvalue weighted by atomic mass is 9.86. The van der Waals surface area contributed by atoms with Crippen LogP contribution in [0.2, 0.25) is 0 Å². The maximum Gasteiger partial charge on any atom is 0.224 e. The number of nitrogens with one attached hydrogen (secondary N) is 2. The van der Waals surface area contributed by atoms with Crippen LogP contribution in [-0.4, -0.2) is 44.2 Å². The van der Waals surface area contributed by atoms with Crippen LogP contribution >= 0.6 is 11.3 Å². The van der Waals surface area contributed by atoms with Gasteiger partial charge < -0.3 is 15.7 Å². The Morgan fingerprint density at radius 3 is 2.55 bits per heavy atom. The number of nitrogens with zero attached hydrogens (tertiary/aromatic N) is 4. The molecule has 0 bridgehead atoms. The van der Waals surface area contributed by atoms with E-state index < -0.39 is 5.60 Å². The summed E-state index contributed by atoms with van der Waals surface area (Å²) in [5, 5.41) is 17.7. The Bertz CT molecular complexity index is 995. The summed E-state index contributed by atoms with van der Waals surface area (Å²) in [5.41, 5.74) is 2.92. The largest absolute Gasteiger partial charge is 0.390 e. The van der Waals surface area contributed by atoms with E-state index >= 15 is 0 Å². The number of anilines is 2. The molecule has 0 amide bonds. The van der Waals surface area contributed by atoms with Crippen molar-refractivity contribution in [1.82, 2.24) is 19.9 Å². The van der Waals surface area contributed by atoms with Crippen LogP contribution < -0.4 is 10.6 Å². The highest BCUT2D eigenvalue weighted by Gasteiger charge is 2.25. The van der Waals surface area contributed by atoms with Crippen LogP contribution in [-0.2, 0) is 0 Å². The van der Waals surface area contributed by atoms with Gasteiger partial charge in [-0.25, -0.2) is 9.97 Å². The first-order chi connectivity index (χ1) is 13.7. The number of hydrogen-bond acceptors (Lipinski definition) is 8. The summed E-state index contributed by atoms with van der Waals surface area (Å²) in [6, 6.07) is 1.99. The Labute approximate surface area is 176 Å². The minimum absolute atomic E-state index is 0.210. The number of aromatic nitrogens is 4. The maximum atomic E-state index is 10.4. The number of aliphatic hydroxyl groups is 1. The Hall–Kier alpha value is -2.32. The molecule has 0 fully saturated rings. The second-order valence-corrected chi connectivity index (χ2v) is 8.87. The number of rotatable bonds is 8. The van der Waals surface area contributed by atoms with Crippen LogP contribution in [0.5, 0.6) is 0 Å². The second kappa shape index (κ2) is 8.59. The third kappa shape index (κ3) is 4.64. The second-order valence-electron chi connectivity index (χ2n) is 7.84. The van der Waals surface area contributed by atoms with E-state index in [0.717, 1.165) is 50.8 Å². The Morgan fingerprint density at radius 1 is 1.17 bits per heavy atom. The summed E-state index contributed by atoms with van der Waals surface area (Å²) < 4.78 is 1.10.